The molecule has 0 nitrogen and oxygen atoms in total. The summed E-state index contributed by atoms with van der Waals surface area (Å²) in [6, 6.07) is 0. The van der Waals surface area contributed by atoms with Crippen LogP contribution in [0.5, 0.6) is 0 Å². The van der Waals surface area contributed by atoms with Gasteiger partial charge < -0.3 is 13.8 Å². The smallest absolute Gasteiger partial charge is 0.346 e. The zero-order valence-corrected chi connectivity index (χ0v) is 20.0. The first-order valence-electron chi connectivity index (χ1n) is 9.94. The summed E-state index contributed by atoms with van der Waals surface area (Å²) < 4.78 is 0. The average Bonchev–Trinajstić information content (AvgIpc) is 2.59. The van der Waals surface area contributed by atoms with Gasteiger partial charge in [-0.2, -0.15) is 13.8 Å². The minimum Gasteiger partial charge on any atom is -0.346 e. The molecule has 0 amide bonds. The first kappa shape index (κ1) is 31.2. The van der Waals surface area contributed by atoms with Gasteiger partial charge in [0.1, 0.15) is 0 Å². The fourth-order valence-corrected chi connectivity index (χ4v) is 2.48. The van der Waals surface area contributed by atoms with Gasteiger partial charge in [0.05, 0.1) is 0 Å². The third-order valence-electron chi connectivity index (χ3n) is 3.76. The molecule has 0 N–H and O–H groups in total. The Hall–Kier alpha value is 0.363. The van der Waals surface area contributed by atoms with E-state index in [9.17, 15) is 0 Å². The number of unbranched alkanes of at least 4 members (excludes halogenated alkanes) is 14. The molecule has 0 spiro atoms. The zero-order valence-electron chi connectivity index (χ0n) is 17.0. The van der Waals surface area contributed by atoms with Crippen LogP contribution in [-0.2, 0) is 19.5 Å². The van der Waals surface area contributed by atoms with Gasteiger partial charge in [0.15, 0.2) is 0 Å². The Morgan fingerprint density at radius 3 is 1.09 bits per heavy atom. The summed E-state index contributed by atoms with van der Waals surface area (Å²) in [7, 11) is 0. The van der Waals surface area contributed by atoms with Crippen molar-refractivity contribution in [2.24, 2.45) is 0 Å². The molecule has 0 aromatic carbocycles. The Bertz CT molecular complexity index is 154. The van der Waals surface area contributed by atoms with Gasteiger partial charge in [-0.1, -0.05) is 96.5 Å². The van der Waals surface area contributed by atoms with Gasteiger partial charge in [-0.25, -0.2) is 0 Å². The van der Waals surface area contributed by atoms with Crippen molar-refractivity contribution in [3.8, 4) is 0 Å². The fraction of sp³-hybridized carbons (Fsp3) is 0.818. The van der Waals surface area contributed by atoms with E-state index in [1.54, 1.807) is 13.8 Å². The third kappa shape index (κ3) is 39.3. The van der Waals surface area contributed by atoms with Crippen molar-refractivity contribution in [2.75, 3.05) is 0 Å². The molecule has 0 unspecified atom stereocenters. The van der Waals surface area contributed by atoms with Gasteiger partial charge in [-0.15, -0.1) is 6.58 Å². The van der Waals surface area contributed by atoms with E-state index in [-0.39, 0.29) is 19.5 Å². The summed E-state index contributed by atoms with van der Waals surface area (Å²) in [5.74, 6) is 0. The maximum atomic E-state index is 3.76. The molecule has 0 heterocycles. The van der Waals surface area contributed by atoms with Crippen molar-refractivity contribution < 1.29 is 19.5 Å². The van der Waals surface area contributed by atoms with Crippen molar-refractivity contribution in [2.45, 2.75) is 117 Å². The van der Waals surface area contributed by atoms with E-state index < -0.39 is 0 Å². The van der Waals surface area contributed by atoms with E-state index in [0.29, 0.717) is 0 Å². The molecule has 0 rings (SSSR count). The van der Waals surface area contributed by atoms with Gasteiger partial charge in [0.2, 0.25) is 0 Å². The van der Waals surface area contributed by atoms with Crippen LogP contribution in [0.2, 0.25) is 0 Å². The molecule has 0 bridgehead atoms. The van der Waals surface area contributed by atoms with Crippen LogP contribution >= 0.6 is 0 Å². The van der Waals surface area contributed by atoms with Crippen molar-refractivity contribution in [3.63, 3.8) is 0 Å². The molecule has 0 saturated carbocycles. The van der Waals surface area contributed by atoms with E-state index in [1.807, 2.05) is 6.08 Å². The van der Waals surface area contributed by atoms with Crippen molar-refractivity contribution in [1.82, 2.24) is 0 Å². The predicted molar refractivity (Wildman–Crippen MR) is 107 cm³/mol. The number of hydrogen-bond donors (Lipinski definition) is 0. The van der Waals surface area contributed by atoms with E-state index in [0.717, 1.165) is 0 Å². The van der Waals surface area contributed by atoms with Gasteiger partial charge in [-0.05, 0) is 12.8 Å². The minimum absolute atomic E-state index is 0. The van der Waals surface area contributed by atoms with Crippen LogP contribution in [0.3, 0.4) is 0 Å². The van der Waals surface area contributed by atoms with E-state index in [4.69, 9.17) is 0 Å². The van der Waals surface area contributed by atoms with Crippen LogP contribution in [0.15, 0.2) is 12.7 Å². The van der Waals surface area contributed by atoms with Crippen LogP contribution in [0, 0.1) is 13.8 Å². The van der Waals surface area contributed by atoms with E-state index in [1.165, 1.54) is 96.3 Å². The first-order chi connectivity index (χ1) is 10.9. The molecule has 0 atom stereocenters. The summed E-state index contributed by atoms with van der Waals surface area (Å²) >= 11 is 0. The fourth-order valence-electron chi connectivity index (χ4n) is 2.48. The van der Waals surface area contributed by atoms with Crippen LogP contribution in [0.1, 0.15) is 117 Å². The van der Waals surface area contributed by atoms with Crippen LogP contribution < -0.4 is 0 Å². The largest absolute Gasteiger partial charge is 2.00 e. The second-order valence-corrected chi connectivity index (χ2v) is 5.67. The molecule has 0 radical (unpaired) electrons. The Balaban J connectivity index is -0.000000332. The van der Waals surface area contributed by atoms with Gasteiger partial charge >= 0.3 is 19.5 Å². The minimum atomic E-state index is 0. The molecule has 0 fully saturated rings. The molecule has 0 aromatic rings. The second kappa shape index (κ2) is 38.1. The molecular formula is C22H46Zn. The first-order valence-corrected chi connectivity index (χ1v) is 9.94. The summed E-state index contributed by atoms with van der Waals surface area (Å²) in [4.78, 5) is 0. The van der Waals surface area contributed by atoms with E-state index >= 15 is 0 Å². The molecule has 136 valence electrons. The maximum absolute atomic E-state index is 3.76. The number of allylic oxidation sites excluding steroid dienone is 1. The molecule has 0 aromatic heterocycles. The SMILES string of the molecule is C=CCCCCCCCCCCCCCCCC.[CH2-]C.[CH2-]C.[Zn+2]. The summed E-state index contributed by atoms with van der Waals surface area (Å²) in [5, 5.41) is 0. The summed E-state index contributed by atoms with van der Waals surface area (Å²) in [6.07, 6.45) is 23.5. The summed E-state index contributed by atoms with van der Waals surface area (Å²) in [6.45, 7) is 16.0. The maximum Gasteiger partial charge on any atom is 2.00 e. The number of rotatable bonds is 15. The Morgan fingerprint density at radius 2 is 0.826 bits per heavy atom. The molecule has 0 saturated heterocycles. The van der Waals surface area contributed by atoms with Crippen molar-refractivity contribution in [1.29, 1.82) is 0 Å². The summed E-state index contributed by atoms with van der Waals surface area (Å²) in [5.41, 5.74) is 0. The Kier molecular flexibility index (Phi) is 51.6. The normalized spacial score (nSPS) is 8.91. The molecule has 1 heteroatoms. The van der Waals surface area contributed by atoms with Gasteiger partial charge in [-0.3, -0.25) is 0 Å². The Morgan fingerprint density at radius 1 is 0.565 bits per heavy atom. The monoisotopic (exact) mass is 374 g/mol. The average molecular weight is 376 g/mol. The standard InChI is InChI=1S/C18H36.2C2H5.Zn/c1-3-5-7-9-11-13-15-17-18-16-14-12-10-8-6-4-2;2*1-2;/h3H,1,4-18H2,2H3;2*1H2,2H3;/q;2*-1;+2. The number of hydrogen-bond acceptors (Lipinski definition) is 0. The third-order valence-corrected chi connectivity index (χ3v) is 3.76. The topological polar surface area (TPSA) is 0 Å². The van der Waals surface area contributed by atoms with Crippen LogP contribution in [-0.4, -0.2) is 0 Å². The molecular weight excluding hydrogens is 330 g/mol. The molecule has 23 heavy (non-hydrogen) atoms. The van der Waals surface area contributed by atoms with Crippen LogP contribution in [0.25, 0.3) is 0 Å². The molecule has 0 aliphatic carbocycles. The van der Waals surface area contributed by atoms with Crippen LogP contribution in [0.4, 0.5) is 0 Å². The van der Waals surface area contributed by atoms with Crippen molar-refractivity contribution >= 4 is 0 Å². The zero-order chi connectivity index (χ0) is 17.3. The van der Waals surface area contributed by atoms with Gasteiger partial charge in [0, 0.05) is 0 Å². The molecule has 0 aliphatic heterocycles. The molecule has 0 aliphatic rings. The van der Waals surface area contributed by atoms with Crippen molar-refractivity contribution in [3.05, 3.63) is 26.5 Å². The predicted octanol–water partition coefficient (Wildman–Crippen LogP) is 8.72. The second-order valence-electron chi connectivity index (χ2n) is 5.67. The quantitative estimate of drug-likeness (QED) is 0.116. The van der Waals surface area contributed by atoms with Gasteiger partial charge in [0.25, 0.3) is 0 Å². The van der Waals surface area contributed by atoms with E-state index in [2.05, 4.69) is 27.4 Å². The Labute approximate surface area is 163 Å².